The van der Waals surface area contributed by atoms with E-state index >= 15 is 0 Å². The minimum absolute atomic E-state index is 0.0307. The van der Waals surface area contributed by atoms with E-state index in [2.05, 4.69) is 16.6 Å². The number of nitrogens with one attached hydrogen (secondary N) is 1. The van der Waals surface area contributed by atoms with Crippen molar-refractivity contribution in [3.05, 3.63) is 71.1 Å². The molecule has 0 aliphatic rings. The lowest BCUT2D eigenvalue weighted by Crippen LogP contribution is -2.42. The fourth-order valence-corrected chi connectivity index (χ4v) is 4.91. The molecule has 2 N–H and O–H groups in total. The molecule has 10 heteroatoms. The van der Waals surface area contributed by atoms with Gasteiger partial charge in [-0.2, -0.15) is 0 Å². The molecule has 0 saturated heterocycles. The molecule has 0 aliphatic heterocycles. The average molecular weight is 536 g/mol. The van der Waals surface area contributed by atoms with Gasteiger partial charge in [-0.15, -0.1) is 24.5 Å². The summed E-state index contributed by atoms with van der Waals surface area (Å²) in [6, 6.07) is 11.1. The van der Waals surface area contributed by atoms with E-state index < -0.39 is 24.3 Å². The van der Waals surface area contributed by atoms with Crippen molar-refractivity contribution in [3.8, 4) is 11.5 Å². The Bertz CT molecular complexity index is 1250. The minimum Gasteiger partial charge on any atom is -0.487 e. The van der Waals surface area contributed by atoms with Crippen LogP contribution in [0.1, 0.15) is 48.3 Å². The summed E-state index contributed by atoms with van der Waals surface area (Å²) in [5, 5.41) is 13.0. The number of carbonyl (C=O) groups is 2. The third-order valence-corrected chi connectivity index (χ3v) is 7.08. The Kier molecular flexibility index (Phi) is 9.20. The highest BCUT2D eigenvalue weighted by atomic mass is 32.1. The Labute approximate surface area is 216 Å². The van der Waals surface area contributed by atoms with Crippen molar-refractivity contribution >= 4 is 33.3 Å². The highest BCUT2D eigenvalue weighted by Gasteiger charge is 2.31. The fraction of sp³-hybridized carbons (Fsp3) is 0.333. The molecule has 37 heavy (non-hydrogen) atoms. The highest BCUT2D eigenvalue weighted by Crippen LogP contribution is 2.38. The number of carboxylic acids is 1. The Morgan fingerprint density at radius 1 is 1.08 bits per heavy atom. The predicted octanol–water partition coefficient (Wildman–Crippen LogP) is 6.94. The van der Waals surface area contributed by atoms with E-state index in [1.807, 2.05) is 19.9 Å². The van der Waals surface area contributed by atoms with Crippen LogP contribution in [-0.4, -0.2) is 29.4 Å². The van der Waals surface area contributed by atoms with Gasteiger partial charge in [-0.3, -0.25) is 4.79 Å². The summed E-state index contributed by atoms with van der Waals surface area (Å²) >= 11 is 1.16. The maximum absolute atomic E-state index is 13.3. The molecule has 2 aromatic carbocycles. The van der Waals surface area contributed by atoms with Gasteiger partial charge in [-0.25, -0.2) is 4.79 Å². The maximum Gasteiger partial charge on any atom is 0.573 e. The molecule has 0 aliphatic carbocycles. The molecule has 1 amide bonds. The van der Waals surface area contributed by atoms with Crippen LogP contribution in [0.15, 0.2) is 60.7 Å². The van der Waals surface area contributed by atoms with E-state index in [1.54, 1.807) is 18.2 Å². The van der Waals surface area contributed by atoms with Crippen LogP contribution in [-0.2, 0) is 11.4 Å². The third-order valence-electron chi connectivity index (χ3n) is 5.93. The molecule has 0 radical (unpaired) electrons. The van der Waals surface area contributed by atoms with E-state index in [9.17, 15) is 27.9 Å². The standard InChI is InChI=1S/C27H28F3NO5S/c1-4-17(5-2)14-16(3)22(26(33)34)31-25(32)24-23(20-8-6-7-9-21(20)37-24)35-15-18-10-12-19(13-11-18)36-27(28,29)30/h6-13,17,22H,3-5,14-15H2,1-2H3,(H,31,32)(H,33,34)/t22-/m0/s1. The number of amides is 1. The smallest absolute Gasteiger partial charge is 0.487 e. The van der Waals surface area contributed by atoms with Gasteiger partial charge >= 0.3 is 12.3 Å². The molecular weight excluding hydrogens is 507 g/mol. The SMILES string of the molecule is C=C(CC(CC)CC)[C@H](NC(=O)c1sc2ccccc2c1OCc1ccc(OC(F)(F)F)cc1)C(=O)O. The van der Waals surface area contributed by atoms with Crippen molar-refractivity contribution in [1.82, 2.24) is 5.32 Å². The van der Waals surface area contributed by atoms with Gasteiger partial charge in [0.05, 0.1) is 0 Å². The van der Waals surface area contributed by atoms with Gasteiger partial charge in [-0.1, -0.05) is 57.5 Å². The number of rotatable bonds is 12. The summed E-state index contributed by atoms with van der Waals surface area (Å²) < 4.78 is 47.8. The molecule has 0 fully saturated rings. The van der Waals surface area contributed by atoms with Crippen LogP contribution >= 0.6 is 11.3 Å². The number of alkyl halides is 3. The second-order valence-corrected chi connectivity index (χ2v) is 9.58. The van der Waals surface area contributed by atoms with Gasteiger partial charge < -0.3 is 19.9 Å². The Hall–Kier alpha value is -3.53. The average Bonchev–Trinajstić information content (AvgIpc) is 3.22. The molecule has 0 spiro atoms. The molecule has 3 aromatic rings. The first-order valence-corrected chi connectivity index (χ1v) is 12.5. The Balaban J connectivity index is 1.81. The second-order valence-electron chi connectivity index (χ2n) is 8.53. The van der Waals surface area contributed by atoms with Crippen molar-refractivity contribution in [2.24, 2.45) is 5.92 Å². The zero-order valence-corrected chi connectivity index (χ0v) is 21.2. The zero-order chi connectivity index (χ0) is 27.2. The molecule has 1 heterocycles. The summed E-state index contributed by atoms with van der Waals surface area (Å²) in [6.07, 6.45) is -2.57. The summed E-state index contributed by atoms with van der Waals surface area (Å²) in [6.45, 7) is 7.94. The van der Waals surface area contributed by atoms with E-state index in [0.29, 0.717) is 22.9 Å². The molecule has 0 saturated carbocycles. The zero-order valence-electron chi connectivity index (χ0n) is 20.4. The van der Waals surface area contributed by atoms with Crippen LogP contribution in [0.25, 0.3) is 10.1 Å². The summed E-state index contributed by atoms with van der Waals surface area (Å²) in [7, 11) is 0. The molecule has 0 unspecified atom stereocenters. The third kappa shape index (κ3) is 7.48. The number of thiophene rings is 1. The molecule has 6 nitrogen and oxygen atoms in total. The van der Waals surface area contributed by atoms with Crippen molar-refractivity contribution in [2.75, 3.05) is 0 Å². The van der Waals surface area contributed by atoms with Gasteiger partial charge in [-0.05, 0) is 47.7 Å². The van der Waals surface area contributed by atoms with Crippen LogP contribution in [0.2, 0.25) is 0 Å². The van der Waals surface area contributed by atoms with E-state index in [4.69, 9.17) is 4.74 Å². The number of aliphatic carboxylic acids is 1. The molecule has 198 valence electrons. The van der Waals surface area contributed by atoms with Crippen molar-refractivity contribution in [2.45, 2.75) is 52.1 Å². The van der Waals surface area contributed by atoms with Crippen LogP contribution in [0.5, 0.6) is 11.5 Å². The largest absolute Gasteiger partial charge is 0.573 e. The first kappa shape index (κ1) is 28.0. The monoisotopic (exact) mass is 535 g/mol. The molecule has 0 bridgehead atoms. The quantitative estimate of drug-likeness (QED) is 0.245. The van der Waals surface area contributed by atoms with E-state index in [0.717, 1.165) is 28.9 Å². The molecule has 3 rings (SSSR count). The number of hydrogen-bond acceptors (Lipinski definition) is 5. The molecule has 1 atom stereocenters. The van der Waals surface area contributed by atoms with Crippen LogP contribution < -0.4 is 14.8 Å². The molecular formula is C27H28F3NO5S. The maximum atomic E-state index is 13.3. The van der Waals surface area contributed by atoms with Gasteiger partial charge in [0.2, 0.25) is 0 Å². The lowest BCUT2D eigenvalue weighted by molar-refractivity contribution is -0.274. The second kappa shape index (κ2) is 12.1. The number of carboxylic acid groups (broad SMARTS) is 1. The number of halogens is 3. The van der Waals surface area contributed by atoms with Gasteiger partial charge in [0.1, 0.15) is 23.3 Å². The number of benzene rings is 2. The number of ether oxygens (including phenoxy) is 2. The van der Waals surface area contributed by atoms with Crippen molar-refractivity contribution in [3.63, 3.8) is 0 Å². The number of hydrogen-bond donors (Lipinski definition) is 2. The van der Waals surface area contributed by atoms with Crippen molar-refractivity contribution in [1.29, 1.82) is 0 Å². The van der Waals surface area contributed by atoms with E-state index in [1.165, 1.54) is 24.3 Å². The van der Waals surface area contributed by atoms with Crippen LogP contribution in [0.3, 0.4) is 0 Å². The predicted molar refractivity (Wildman–Crippen MR) is 136 cm³/mol. The molecule has 1 aromatic heterocycles. The number of carbonyl (C=O) groups excluding carboxylic acids is 1. The topological polar surface area (TPSA) is 84.9 Å². The van der Waals surface area contributed by atoms with Gasteiger partial charge in [0.25, 0.3) is 5.91 Å². The minimum atomic E-state index is -4.79. The lowest BCUT2D eigenvalue weighted by Gasteiger charge is -2.21. The first-order chi connectivity index (χ1) is 17.5. The Morgan fingerprint density at radius 2 is 1.73 bits per heavy atom. The normalized spacial score (nSPS) is 12.4. The van der Waals surface area contributed by atoms with Crippen molar-refractivity contribution < 1.29 is 37.3 Å². The van der Waals surface area contributed by atoms with E-state index in [-0.39, 0.29) is 28.9 Å². The van der Waals surface area contributed by atoms with Crippen LogP contribution in [0, 0.1) is 5.92 Å². The summed E-state index contributed by atoms with van der Waals surface area (Å²) in [5.74, 6) is -1.63. The number of fused-ring (bicyclic) bond motifs is 1. The summed E-state index contributed by atoms with van der Waals surface area (Å²) in [5.41, 5.74) is 0.970. The van der Waals surface area contributed by atoms with Gasteiger partial charge in [0, 0.05) is 10.1 Å². The lowest BCUT2D eigenvalue weighted by atomic mass is 9.91. The summed E-state index contributed by atoms with van der Waals surface area (Å²) in [4.78, 5) is 25.4. The first-order valence-electron chi connectivity index (χ1n) is 11.7. The van der Waals surface area contributed by atoms with Gasteiger partial charge in [0.15, 0.2) is 5.75 Å². The van der Waals surface area contributed by atoms with Crippen LogP contribution in [0.4, 0.5) is 13.2 Å². The fourth-order valence-electron chi connectivity index (χ4n) is 3.86. The highest BCUT2D eigenvalue weighted by molar-refractivity contribution is 7.21. The Morgan fingerprint density at radius 3 is 2.32 bits per heavy atom.